The van der Waals surface area contributed by atoms with Crippen LogP contribution < -0.4 is 15.8 Å². The van der Waals surface area contributed by atoms with Gasteiger partial charge in [0, 0.05) is 24.5 Å². The van der Waals surface area contributed by atoms with Gasteiger partial charge in [0.25, 0.3) is 5.91 Å². The van der Waals surface area contributed by atoms with Gasteiger partial charge in [0.05, 0.1) is 6.61 Å². The lowest BCUT2D eigenvalue weighted by atomic mass is 10.3. The monoisotopic (exact) mass is 429 g/mol. The van der Waals surface area contributed by atoms with Crippen molar-refractivity contribution in [3.05, 3.63) is 48.3 Å². The van der Waals surface area contributed by atoms with Crippen LogP contribution in [0.25, 0.3) is 0 Å². The predicted molar refractivity (Wildman–Crippen MR) is 124 cm³/mol. The SMILES string of the molecule is CC(C)[Si](OCCNC(=O)c1cc(Oc2ccc(N)cc2)ccn1)(C(C)C)C(C)C. The van der Waals surface area contributed by atoms with Gasteiger partial charge in [0.15, 0.2) is 8.32 Å². The van der Waals surface area contributed by atoms with Gasteiger partial charge in [-0.2, -0.15) is 0 Å². The van der Waals surface area contributed by atoms with Crippen LogP contribution in [0.2, 0.25) is 16.6 Å². The Kier molecular flexibility index (Phi) is 8.43. The number of carbonyl (C=O) groups excluding carboxylic acids is 1. The minimum atomic E-state index is -1.93. The molecule has 0 saturated heterocycles. The lowest BCUT2D eigenvalue weighted by Crippen LogP contribution is -2.49. The molecule has 7 heteroatoms. The van der Waals surface area contributed by atoms with Crippen molar-refractivity contribution in [1.29, 1.82) is 0 Å². The lowest BCUT2D eigenvalue weighted by molar-refractivity contribution is 0.0940. The van der Waals surface area contributed by atoms with Gasteiger partial charge in [-0.15, -0.1) is 0 Å². The molecule has 164 valence electrons. The molecule has 2 aromatic rings. The topological polar surface area (TPSA) is 86.5 Å². The summed E-state index contributed by atoms with van der Waals surface area (Å²) < 4.78 is 12.3. The molecule has 0 saturated carbocycles. The van der Waals surface area contributed by atoms with Gasteiger partial charge >= 0.3 is 0 Å². The molecule has 0 fully saturated rings. The summed E-state index contributed by atoms with van der Waals surface area (Å²) in [7, 11) is -1.93. The number of ether oxygens (including phenoxy) is 1. The van der Waals surface area contributed by atoms with Crippen LogP contribution >= 0.6 is 0 Å². The van der Waals surface area contributed by atoms with Gasteiger partial charge in [-0.05, 0) is 47.0 Å². The molecule has 3 N–H and O–H groups in total. The van der Waals surface area contributed by atoms with E-state index in [1.54, 1.807) is 42.6 Å². The number of rotatable bonds is 10. The number of benzene rings is 1. The third kappa shape index (κ3) is 5.83. The zero-order valence-electron chi connectivity index (χ0n) is 18.9. The van der Waals surface area contributed by atoms with Crippen LogP contribution in [-0.4, -0.2) is 32.4 Å². The molecule has 2 rings (SSSR count). The van der Waals surface area contributed by atoms with Crippen molar-refractivity contribution in [1.82, 2.24) is 10.3 Å². The average Bonchev–Trinajstić information content (AvgIpc) is 2.69. The van der Waals surface area contributed by atoms with Gasteiger partial charge in [-0.1, -0.05) is 41.5 Å². The van der Waals surface area contributed by atoms with Crippen molar-refractivity contribution in [3.63, 3.8) is 0 Å². The van der Waals surface area contributed by atoms with Crippen molar-refractivity contribution in [2.24, 2.45) is 0 Å². The van der Waals surface area contributed by atoms with Gasteiger partial charge in [-0.25, -0.2) is 0 Å². The van der Waals surface area contributed by atoms with Crippen LogP contribution in [0.1, 0.15) is 52.0 Å². The van der Waals surface area contributed by atoms with Crippen LogP contribution in [0.4, 0.5) is 5.69 Å². The molecule has 1 amide bonds. The van der Waals surface area contributed by atoms with E-state index in [1.165, 1.54) is 0 Å². The van der Waals surface area contributed by atoms with Gasteiger partial charge in [0.2, 0.25) is 0 Å². The molecule has 6 nitrogen and oxygen atoms in total. The smallest absolute Gasteiger partial charge is 0.270 e. The zero-order chi connectivity index (χ0) is 22.3. The molecule has 0 radical (unpaired) electrons. The fraction of sp³-hybridized carbons (Fsp3) is 0.478. The summed E-state index contributed by atoms with van der Waals surface area (Å²) >= 11 is 0. The normalized spacial score (nSPS) is 11.9. The number of nitrogens with zero attached hydrogens (tertiary/aromatic N) is 1. The highest BCUT2D eigenvalue weighted by atomic mass is 28.4. The molecule has 1 heterocycles. The summed E-state index contributed by atoms with van der Waals surface area (Å²) in [6, 6.07) is 10.4. The standard InChI is InChI=1S/C23H35N3O3Si/c1-16(2)30(17(3)4,18(5)6)28-14-13-26-23(27)22-15-21(11-12-25-22)29-20-9-7-19(24)8-10-20/h7-12,15-18H,13-14,24H2,1-6H3,(H,26,27). The van der Waals surface area contributed by atoms with Crippen molar-refractivity contribution in [3.8, 4) is 11.5 Å². The fourth-order valence-corrected chi connectivity index (χ4v) is 9.71. The number of amides is 1. The molecule has 1 aromatic heterocycles. The second-order valence-corrected chi connectivity index (χ2v) is 13.9. The highest BCUT2D eigenvalue weighted by Gasteiger charge is 2.44. The largest absolute Gasteiger partial charge is 0.457 e. The Morgan fingerprint density at radius 1 is 1.00 bits per heavy atom. The summed E-state index contributed by atoms with van der Waals surface area (Å²) in [5.74, 6) is 0.946. The third-order valence-electron chi connectivity index (χ3n) is 5.53. The molecule has 1 aromatic carbocycles. The summed E-state index contributed by atoms with van der Waals surface area (Å²) in [6.07, 6.45) is 1.56. The molecule has 0 aliphatic rings. The van der Waals surface area contributed by atoms with E-state index in [0.29, 0.717) is 52.7 Å². The maximum absolute atomic E-state index is 12.5. The number of pyridine rings is 1. The molecular weight excluding hydrogens is 394 g/mol. The molecular formula is C23H35N3O3Si. The van der Waals surface area contributed by atoms with E-state index in [9.17, 15) is 4.79 Å². The molecule has 0 aliphatic heterocycles. The molecule has 0 spiro atoms. The van der Waals surface area contributed by atoms with Crippen LogP contribution in [0.15, 0.2) is 42.6 Å². The Morgan fingerprint density at radius 3 is 2.17 bits per heavy atom. The van der Waals surface area contributed by atoms with Crippen molar-refractivity contribution in [2.75, 3.05) is 18.9 Å². The summed E-state index contributed by atoms with van der Waals surface area (Å²) in [5.41, 5.74) is 8.20. The minimum absolute atomic E-state index is 0.243. The van der Waals surface area contributed by atoms with E-state index in [4.69, 9.17) is 14.9 Å². The number of hydrogen-bond donors (Lipinski definition) is 2. The quantitative estimate of drug-likeness (QED) is 0.301. The third-order valence-corrected chi connectivity index (χ3v) is 11.6. The highest BCUT2D eigenvalue weighted by Crippen LogP contribution is 2.42. The number of nitrogens with one attached hydrogen (secondary N) is 1. The van der Waals surface area contributed by atoms with Gasteiger partial charge in [0.1, 0.15) is 17.2 Å². The minimum Gasteiger partial charge on any atom is -0.457 e. The first-order valence-corrected chi connectivity index (χ1v) is 12.7. The van der Waals surface area contributed by atoms with Crippen LogP contribution in [0.5, 0.6) is 11.5 Å². The first-order valence-electron chi connectivity index (χ1n) is 10.6. The molecule has 0 bridgehead atoms. The van der Waals surface area contributed by atoms with Crippen LogP contribution in [0, 0.1) is 0 Å². The molecule has 0 aliphatic carbocycles. The highest BCUT2D eigenvalue weighted by molar-refractivity contribution is 6.77. The lowest BCUT2D eigenvalue weighted by Gasteiger charge is -2.42. The van der Waals surface area contributed by atoms with E-state index >= 15 is 0 Å². The van der Waals surface area contributed by atoms with Crippen molar-refractivity contribution in [2.45, 2.75) is 58.2 Å². The second-order valence-electron chi connectivity index (χ2n) is 8.47. The van der Waals surface area contributed by atoms with Crippen LogP contribution in [0.3, 0.4) is 0 Å². The van der Waals surface area contributed by atoms with E-state index in [1.807, 2.05) is 0 Å². The van der Waals surface area contributed by atoms with E-state index in [0.717, 1.165) is 0 Å². The van der Waals surface area contributed by atoms with Crippen molar-refractivity contribution < 1.29 is 14.0 Å². The zero-order valence-corrected chi connectivity index (χ0v) is 19.9. The number of anilines is 1. The Bertz CT molecular complexity index is 801. The first-order chi connectivity index (χ1) is 14.2. The Labute approximate surface area is 181 Å². The maximum atomic E-state index is 12.5. The van der Waals surface area contributed by atoms with Crippen LogP contribution in [-0.2, 0) is 4.43 Å². The predicted octanol–water partition coefficient (Wildman–Crippen LogP) is 5.38. The maximum Gasteiger partial charge on any atom is 0.270 e. The van der Waals surface area contributed by atoms with E-state index < -0.39 is 8.32 Å². The number of carbonyl (C=O) groups is 1. The number of nitrogen functional groups attached to an aromatic ring is 1. The molecule has 0 atom stereocenters. The fourth-order valence-electron chi connectivity index (χ4n) is 4.25. The van der Waals surface area contributed by atoms with Gasteiger partial charge < -0.3 is 20.2 Å². The number of nitrogens with two attached hydrogens (primary N) is 1. The molecule has 30 heavy (non-hydrogen) atoms. The molecule has 0 unspecified atom stereocenters. The van der Waals surface area contributed by atoms with Crippen molar-refractivity contribution >= 4 is 19.9 Å². The summed E-state index contributed by atoms with van der Waals surface area (Å²) in [5, 5.41) is 2.91. The van der Waals surface area contributed by atoms with E-state index in [-0.39, 0.29) is 5.91 Å². The summed E-state index contributed by atoms with van der Waals surface area (Å²) in [4.78, 5) is 16.7. The van der Waals surface area contributed by atoms with Gasteiger partial charge in [-0.3, -0.25) is 9.78 Å². The summed E-state index contributed by atoms with van der Waals surface area (Å²) in [6.45, 7) is 14.5. The first kappa shape index (κ1) is 23.9. The number of aromatic nitrogens is 1. The average molecular weight is 430 g/mol. The second kappa shape index (κ2) is 10.6. The van der Waals surface area contributed by atoms with E-state index in [2.05, 4.69) is 51.8 Å². The Hall–Kier alpha value is -2.38. The number of hydrogen-bond acceptors (Lipinski definition) is 5. The Balaban J connectivity index is 1.94. The Morgan fingerprint density at radius 2 is 1.60 bits per heavy atom.